The summed E-state index contributed by atoms with van der Waals surface area (Å²) in [5.41, 5.74) is 9.00. The lowest BCUT2D eigenvalue weighted by atomic mass is 9.91. The third-order valence-electron chi connectivity index (χ3n) is 5.43. The standard InChI is InChI=1S/C12H23N.C9H9N3O2.H3N/c1-3-7-11(8-4-1)13-12-9-5-2-6-10-12;10-12-11-8(9(13)14)6-7-4-2-1-3-5-7;/h11-13H,1-10H2;1-5,8H,6H2,(H,13,14);1H3/t;8-;/m.0./s1. The van der Waals surface area contributed by atoms with Gasteiger partial charge < -0.3 is 16.6 Å². The molecule has 0 bridgehead atoms. The van der Waals surface area contributed by atoms with Crippen molar-refractivity contribution in [1.82, 2.24) is 11.5 Å². The van der Waals surface area contributed by atoms with E-state index in [-0.39, 0.29) is 12.6 Å². The number of benzene rings is 1. The predicted octanol–water partition coefficient (Wildman–Crippen LogP) is 5.40. The van der Waals surface area contributed by atoms with Crippen molar-refractivity contribution in [2.75, 3.05) is 0 Å². The highest BCUT2D eigenvalue weighted by atomic mass is 16.4. The van der Waals surface area contributed by atoms with Crippen LogP contribution in [0.2, 0.25) is 0 Å². The third kappa shape index (κ3) is 9.22. The van der Waals surface area contributed by atoms with Crippen molar-refractivity contribution in [3.8, 4) is 0 Å². The van der Waals surface area contributed by atoms with Gasteiger partial charge in [-0.05, 0) is 43.2 Å². The Bertz CT molecular complexity index is 574. The molecule has 2 aliphatic carbocycles. The molecular formula is C21H35N5O2. The molecule has 2 saturated carbocycles. The summed E-state index contributed by atoms with van der Waals surface area (Å²) in [4.78, 5) is 13.1. The number of nitrogens with zero attached hydrogens (tertiary/aromatic N) is 3. The Hall–Kier alpha value is -2.08. The van der Waals surface area contributed by atoms with Crippen LogP contribution in [0.3, 0.4) is 0 Å². The van der Waals surface area contributed by atoms with Gasteiger partial charge in [-0.2, -0.15) is 0 Å². The lowest BCUT2D eigenvalue weighted by Gasteiger charge is -2.30. The first kappa shape index (κ1) is 24.0. The second-order valence-electron chi connectivity index (χ2n) is 7.59. The molecule has 0 aliphatic heterocycles. The third-order valence-corrected chi connectivity index (χ3v) is 5.43. The van der Waals surface area contributed by atoms with E-state index < -0.39 is 12.0 Å². The predicted molar refractivity (Wildman–Crippen MR) is 113 cm³/mol. The lowest BCUT2D eigenvalue weighted by molar-refractivity contribution is -0.138. The van der Waals surface area contributed by atoms with Crippen LogP contribution in [-0.4, -0.2) is 29.2 Å². The second kappa shape index (κ2) is 14.0. The molecule has 28 heavy (non-hydrogen) atoms. The summed E-state index contributed by atoms with van der Waals surface area (Å²) in [6.45, 7) is 0. The number of carboxylic acid groups (broad SMARTS) is 1. The molecule has 2 fully saturated rings. The van der Waals surface area contributed by atoms with Crippen LogP contribution in [0, 0.1) is 0 Å². The van der Waals surface area contributed by atoms with Crippen LogP contribution < -0.4 is 11.5 Å². The molecule has 0 amide bonds. The maximum absolute atomic E-state index is 10.6. The average molecular weight is 390 g/mol. The van der Waals surface area contributed by atoms with Crippen molar-refractivity contribution in [3.63, 3.8) is 0 Å². The molecule has 1 atom stereocenters. The minimum absolute atomic E-state index is 0. The van der Waals surface area contributed by atoms with Crippen LogP contribution in [0.5, 0.6) is 0 Å². The van der Waals surface area contributed by atoms with Gasteiger partial charge in [0.15, 0.2) is 0 Å². The lowest BCUT2D eigenvalue weighted by Crippen LogP contribution is -2.40. The minimum Gasteiger partial charge on any atom is -0.481 e. The van der Waals surface area contributed by atoms with Crippen molar-refractivity contribution in [1.29, 1.82) is 0 Å². The molecule has 0 spiro atoms. The zero-order valence-electron chi connectivity index (χ0n) is 16.8. The van der Waals surface area contributed by atoms with Gasteiger partial charge in [0.2, 0.25) is 0 Å². The van der Waals surface area contributed by atoms with Crippen LogP contribution in [-0.2, 0) is 11.2 Å². The van der Waals surface area contributed by atoms with Gasteiger partial charge in [0.1, 0.15) is 6.04 Å². The maximum Gasteiger partial charge on any atom is 0.312 e. The van der Waals surface area contributed by atoms with Crippen molar-refractivity contribution >= 4 is 5.97 Å². The fourth-order valence-electron chi connectivity index (χ4n) is 3.95. The number of azide groups is 1. The minimum atomic E-state index is -1.10. The highest BCUT2D eigenvalue weighted by Gasteiger charge is 2.19. The normalized spacial score (nSPS) is 18.6. The second-order valence-corrected chi connectivity index (χ2v) is 7.59. The monoisotopic (exact) mass is 389 g/mol. The van der Waals surface area contributed by atoms with E-state index in [4.69, 9.17) is 10.6 Å². The first-order chi connectivity index (χ1) is 13.2. The van der Waals surface area contributed by atoms with Crippen molar-refractivity contribution in [2.24, 2.45) is 5.11 Å². The highest BCUT2D eigenvalue weighted by Crippen LogP contribution is 2.22. The number of rotatable bonds is 6. The Labute approximate surface area is 168 Å². The molecule has 1 aromatic carbocycles. The van der Waals surface area contributed by atoms with E-state index in [9.17, 15) is 4.79 Å². The molecule has 0 heterocycles. The SMILES string of the molecule is C1CCC(NC2CCCCC2)CC1.N.[N-]=[N+]=N[C@@H](Cc1ccccc1)C(=O)O. The first-order valence-electron chi connectivity index (χ1n) is 10.3. The van der Waals surface area contributed by atoms with Gasteiger partial charge >= 0.3 is 5.97 Å². The molecule has 0 saturated heterocycles. The van der Waals surface area contributed by atoms with Crippen molar-refractivity contribution in [3.05, 3.63) is 46.3 Å². The van der Waals surface area contributed by atoms with Crippen molar-refractivity contribution in [2.45, 2.75) is 88.8 Å². The summed E-state index contributed by atoms with van der Waals surface area (Å²) >= 11 is 0. The molecule has 2 aliphatic rings. The van der Waals surface area contributed by atoms with Gasteiger partial charge in [-0.1, -0.05) is 74.0 Å². The number of nitrogens with one attached hydrogen (secondary N) is 1. The van der Waals surface area contributed by atoms with E-state index in [1.54, 1.807) is 12.1 Å². The summed E-state index contributed by atoms with van der Waals surface area (Å²) in [6, 6.07) is 9.77. The molecule has 7 heteroatoms. The van der Waals surface area contributed by atoms with Gasteiger partial charge in [0, 0.05) is 17.0 Å². The topological polar surface area (TPSA) is 133 Å². The molecule has 1 aromatic rings. The van der Waals surface area contributed by atoms with Crippen LogP contribution >= 0.6 is 0 Å². The fraction of sp³-hybridized carbons (Fsp3) is 0.667. The zero-order valence-corrected chi connectivity index (χ0v) is 16.8. The van der Waals surface area contributed by atoms with Gasteiger partial charge in [-0.3, -0.25) is 4.79 Å². The molecular weight excluding hydrogens is 354 g/mol. The van der Waals surface area contributed by atoms with E-state index >= 15 is 0 Å². The van der Waals surface area contributed by atoms with Crippen molar-refractivity contribution < 1.29 is 9.90 Å². The Morgan fingerprint density at radius 1 is 1.04 bits per heavy atom. The maximum atomic E-state index is 10.6. The van der Waals surface area contributed by atoms with E-state index in [0.29, 0.717) is 0 Å². The molecule has 3 rings (SSSR count). The number of hydrogen-bond acceptors (Lipinski definition) is 4. The van der Waals surface area contributed by atoms with E-state index in [1.807, 2.05) is 18.2 Å². The number of aliphatic carboxylic acids is 1. The number of hydrogen-bond donors (Lipinski definition) is 3. The number of carboxylic acids is 1. The van der Waals surface area contributed by atoms with Gasteiger partial charge in [-0.25, -0.2) is 0 Å². The Kier molecular flexibility index (Phi) is 12.0. The van der Waals surface area contributed by atoms with Crippen LogP contribution in [0.25, 0.3) is 10.4 Å². The summed E-state index contributed by atoms with van der Waals surface area (Å²) in [7, 11) is 0. The van der Waals surface area contributed by atoms with Crippen LogP contribution in [0.15, 0.2) is 35.4 Å². The van der Waals surface area contributed by atoms with Crippen LogP contribution in [0.1, 0.15) is 69.8 Å². The zero-order chi connectivity index (χ0) is 19.3. The Balaban J connectivity index is 0.000000271. The molecule has 7 nitrogen and oxygen atoms in total. The van der Waals surface area contributed by atoms with Gasteiger partial charge in [0.05, 0.1) is 0 Å². The summed E-state index contributed by atoms with van der Waals surface area (Å²) in [5, 5.41) is 15.8. The summed E-state index contributed by atoms with van der Waals surface area (Å²) < 4.78 is 0. The summed E-state index contributed by atoms with van der Waals surface area (Å²) in [6.07, 6.45) is 14.8. The van der Waals surface area contributed by atoms with E-state index in [2.05, 4.69) is 15.3 Å². The number of carbonyl (C=O) groups is 1. The van der Waals surface area contributed by atoms with Gasteiger partial charge in [0.25, 0.3) is 0 Å². The molecule has 5 N–H and O–H groups in total. The molecule has 0 radical (unpaired) electrons. The summed E-state index contributed by atoms with van der Waals surface area (Å²) in [5.74, 6) is -1.10. The van der Waals surface area contributed by atoms with E-state index in [1.165, 1.54) is 64.2 Å². The molecule has 0 unspecified atom stereocenters. The quantitative estimate of drug-likeness (QED) is 0.341. The largest absolute Gasteiger partial charge is 0.481 e. The van der Waals surface area contributed by atoms with E-state index in [0.717, 1.165) is 17.6 Å². The van der Waals surface area contributed by atoms with Crippen LogP contribution in [0.4, 0.5) is 0 Å². The first-order valence-corrected chi connectivity index (χ1v) is 10.3. The molecule has 0 aromatic heterocycles. The molecule has 156 valence electrons. The van der Waals surface area contributed by atoms with Gasteiger partial charge in [-0.15, -0.1) is 0 Å². The fourth-order valence-corrected chi connectivity index (χ4v) is 3.95. The highest BCUT2D eigenvalue weighted by molar-refractivity contribution is 5.74. The average Bonchev–Trinajstić information content (AvgIpc) is 2.70. The Morgan fingerprint density at radius 2 is 1.54 bits per heavy atom. The Morgan fingerprint density at radius 3 is 1.96 bits per heavy atom. The smallest absolute Gasteiger partial charge is 0.312 e.